The number of H-pyrrole nitrogens is 1. The first-order chi connectivity index (χ1) is 10.7. The second-order valence-corrected chi connectivity index (χ2v) is 5.98. The summed E-state index contributed by atoms with van der Waals surface area (Å²) in [6, 6.07) is 4.23. The highest BCUT2D eigenvalue weighted by Gasteiger charge is 2.16. The Morgan fingerprint density at radius 2 is 2.14 bits per heavy atom. The first-order valence-electron chi connectivity index (χ1n) is 7.79. The van der Waals surface area contributed by atoms with Crippen LogP contribution in [0.5, 0.6) is 0 Å². The maximum Gasteiger partial charge on any atom is 0.147 e. The lowest BCUT2D eigenvalue weighted by Crippen LogP contribution is -2.17. The van der Waals surface area contributed by atoms with E-state index in [-0.39, 0.29) is 0 Å². The second-order valence-electron chi connectivity index (χ2n) is 5.98. The van der Waals surface area contributed by atoms with Crippen LogP contribution in [0.2, 0.25) is 0 Å². The summed E-state index contributed by atoms with van der Waals surface area (Å²) in [6.07, 6.45) is 2.23. The van der Waals surface area contributed by atoms with Gasteiger partial charge in [0.25, 0.3) is 0 Å². The van der Waals surface area contributed by atoms with E-state index in [1.54, 1.807) is 0 Å². The Kier molecular flexibility index (Phi) is 3.18. The average molecular weight is 296 g/mol. The summed E-state index contributed by atoms with van der Waals surface area (Å²) in [4.78, 5) is 8.08. The van der Waals surface area contributed by atoms with Crippen LogP contribution in [0.4, 0.5) is 0 Å². The Morgan fingerprint density at radius 1 is 1.23 bits per heavy atom. The fraction of sp³-hybridized carbons (Fsp3) is 0.438. The average Bonchev–Trinajstić information content (AvgIpc) is 3.19. The maximum absolute atomic E-state index is 4.70. The van der Waals surface area contributed by atoms with Gasteiger partial charge in [-0.25, -0.2) is 4.98 Å². The monoisotopic (exact) mass is 296 g/mol. The molecule has 6 nitrogen and oxygen atoms in total. The molecule has 1 aliphatic heterocycles. The number of rotatable bonds is 4. The van der Waals surface area contributed by atoms with Gasteiger partial charge in [0.2, 0.25) is 0 Å². The molecule has 22 heavy (non-hydrogen) atoms. The topological polar surface area (TPSA) is 71.4 Å². The van der Waals surface area contributed by atoms with Gasteiger partial charge in [0.05, 0.1) is 24.1 Å². The van der Waals surface area contributed by atoms with Crippen molar-refractivity contribution in [3.05, 3.63) is 40.7 Å². The molecule has 0 atom stereocenters. The van der Waals surface area contributed by atoms with Gasteiger partial charge in [0.1, 0.15) is 17.5 Å². The smallest absolute Gasteiger partial charge is 0.147 e. The fourth-order valence-electron chi connectivity index (χ4n) is 3.08. The fourth-order valence-corrected chi connectivity index (χ4v) is 3.08. The molecule has 6 heteroatoms. The van der Waals surface area contributed by atoms with E-state index in [4.69, 9.17) is 4.98 Å². The summed E-state index contributed by atoms with van der Waals surface area (Å²) in [5.74, 6) is 3.10. The lowest BCUT2D eigenvalue weighted by Gasteiger charge is -2.03. The third-order valence-corrected chi connectivity index (χ3v) is 4.49. The van der Waals surface area contributed by atoms with E-state index in [9.17, 15) is 0 Å². The van der Waals surface area contributed by atoms with Gasteiger partial charge in [-0.2, -0.15) is 0 Å². The number of aromatic nitrogens is 5. The van der Waals surface area contributed by atoms with E-state index < -0.39 is 0 Å². The van der Waals surface area contributed by atoms with Crippen molar-refractivity contribution >= 4 is 11.0 Å². The number of aromatic amines is 1. The predicted octanol–water partition coefficient (Wildman–Crippen LogP) is 2.01. The van der Waals surface area contributed by atoms with Gasteiger partial charge in [0, 0.05) is 13.0 Å². The van der Waals surface area contributed by atoms with Crippen LogP contribution in [0.25, 0.3) is 11.0 Å². The van der Waals surface area contributed by atoms with E-state index in [0.29, 0.717) is 6.54 Å². The Labute approximate surface area is 129 Å². The third-order valence-electron chi connectivity index (χ3n) is 4.49. The van der Waals surface area contributed by atoms with E-state index in [0.717, 1.165) is 48.0 Å². The molecule has 0 bridgehead atoms. The molecular weight excluding hydrogens is 276 g/mol. The van der Waals surface area contributed by atoms with E-state index >= 15 is 0 Å². The lowest BCUT2D eigenvalue weighted by molar-refractivity contribution is 0.600. The Morgan fingerprint density at radius 3 is 3.05 bits per heavy atom. The minimum Gasteiger partial charge on any atom is -0.341 e. The second kappa shape index (κ2) is 5.21. The van der Waals surface area contributed by atoms with Gasteiger partial charge in [-0.05, 0) is 37.5 Å². The molecule has 3 aromatic rings. The Bertz CT molecular complexity index is 829. The van der Waals surface area contributed by atoms with Crippen molar-refractivity contribution in [1.82, 2.24) is 30.0 Å². The summed E-state index contributed by atoms with van der Waals surface area (Å²) >= 11 is 0. The maximum atomic E-state index is 4.70. The zero-order chi connectivity index (χ0) is 15.1. The van der Waals surface area contributed by atoms with Crippen molar-refractivity contribution in [3.63, 3.8) is 0 Å². The van der Waals surface area contributed by atoms with Gasteiger partial charge < -0.3 is 14.9 Å². The number of benzene rings is 1. The van der Waals surface area contributed by atoms with Crippen LogP contribution in [0.1, 0.15) is 35.0 Å². The third kappa shape index (κ3) is 2.20. The standard InChI is InChI=1S/C16H20N6/c1-10-5-6-12-16(11(10)2)19-13(18-12)8-17-9-15-21-20-14-4-3-7-22(14)15/h5-6,17H,3-4,7-9H2,1-2H3,(H,18,19). The molecule has 1 aliphatic rings. The van der Waals surface area contributed by atoms with Gasteiger partial charge in [0.15, 0.2) is 0 Å². The number of imidazole rings is 1. The summed E-state index contributed by atoms with van der Waals surface area (Å²) < 4.78 is 2.22. The number of nitrogens with zero attached hydrogens (tertiary/aromatic N) is 4. The van der Waals surface area contributed by atoms with E-state index in [2.05, 4.69) is 51.0 Å². The van der Waals surface area contributed by atoms with E-state index in [1.165, 1.54) is 17.5 Å². The van der Waals surface area contributed by atoms with Crippen LogP contribution >= 0.6 is 0 Å². The van der Waals surface area contributed by atoms with Crippen LogP contribution < -0.4 is 5.32 Å². The van der Waals surface area contributed by atoms with Gasteiger partial charge in [-0.15, -0.1) is 10.2 Å². The molecule has 4 rings (SSSR count). The Balaban J connectivity index is 1.46. The number of hydrogen-bond acceptors (Lipinski definition) is 4. The minimum absolute atomic E-state index is 0.704. The highest BCUT2D eigenvalue weighted by atomic mass is 15.3. The molecule has 0 saturated carbocycles. The molecule has 0 radical (unpaired) electrons. The van der Waals surface area contributed by atoms with Crippen LogP contribution in [-0.2, 0) is 26.1 Å². The van der Waals surface area contributed by atoms with Crippen molar-refractivity contribution in [3.8, 4) is 0 Å². The summed E-state index contributed by atoms with van der Waals surface area (Å²) in [7, 11) is 0. The Hall–Kier alpha value is -2.21. The van der Waals surface area contributed by atoms with Crippen molar-refractivity contribution in [2.75, 3.05) is 0 Å². The zero-order valence-electron chi connectivity index (χ0n) is 13.0. The van der Waals surface area contributed by atoms with Crippen LogP contribution in [0, 0.1) is 13.8 Å². The van der Waals surface area contributed by atoms with Crippen LogP contribution in [0.15, 0.2) is 12.1 Å². The van der Waals surface area contributed by atoms with Crippen LogP contribution in [0.3, 0.4) is 0 Å². The molecule has 0 amide bonds. The summed E-state index contributed by atoms with van der Waals surface area (Å²) in [5, 5.41) is 11.9. The number of aryl methyl sites for hydroxylation is 3. The molecule has 0 spiro atoms. The first-order valence-corrected chi connectivity index (χ1v) is 7.79. The van der Waals surface area contributed by atoms with Crippen molar-refractivity contribution in [1.29, 1.82) is 0 Å². The molecule has 2 aromatic heterocycles. The summed E-state index contributed by atoms with van der Waals surface area (Å²) in [5.41, 5.74) is 4.69. The normalized spacial score (nSPS) is 13.9. The molecule has 0 saturated heterocycles. The molecule has 2 N–H and O–H groups in total. The van der Waals surface area contributed by atoms with Crippen molar-refractivity contribution < 1.29 is 0 Å². The lowest BCUT2D eigenvalue weighted by atomic mass is 10.1. The van der Waals surface area contributed by atoms with Gasteiger partial charge in [-0.3, -0.25) is 0 Å². The van der Waals surface area contributed by atoms with Crippen molar-refractivity contribution in [2.24, 2.45) is 0 Å². The molecule has 3 heterocycles. The highest BCUT2D eigenvalue weighted by molar-refractivity contribution is 5.79. The minimum atomic E-state index is 0.704. The largest absolute Gasteiger partial charge is 0.341 e. The highest BCUT2D eigenvalue weighted by Crippen LogP contribution is 2.19. The van der Waals surface area contributed by atoms with Crippen molar-refractivity contribution in [2.45, 2.75) is 46.3 Å². The molecular formula is C16H20N6. The number of fused-ring (bicyclic) bond motifs is 2. The van der Waals surface area contributed by atoms with Crippen LogP contribution in [-0.4, -0.2) is 24.7 Å². The van der Waals surface area contributed by atoms with Gasteiger partial charge >= 0.3 is 0 Å². The molecule has 114 valence electrons. The number of hydrogen-bond donors (Lipinski definition) is 2. The number of nitrogens with one attached hydrogen (secondary N) is 2. The molecule has 1 aromatic carbocycles. The summed E-state index contributed by atoms with van der Waals surface area (Å²) in [6.45, 7) is 6.71. The zero-order valence-corrected chi connectivity index (χ0v) is 13.0. The predicted molar refractivity (Wildman–Crippen MR) is 84.5 cm³/mol. The first kappa shape index (κ1) is 13.5. The molecule has 0 aliphatic carbocycles. The SMILES string of the molecule is Cc1ccc2[nH]c(CNCc3nnc4n3CCC4)nc2c1C. The van der Waals surface area contributed by atoms with E-state index in [1.807, 2.05) is 0 Å². The molecule has 0 unspecified atom stereocenters. The quantitative estimate of drug-likeness (QED) is 0.772. The molecule has 0 fully saturated rings. The van der Waals surface area contributed by atoms with Gasteiger partial charge in [-0.1, -0.05) is 6.07 Å².